The number of nitrogens with zero attached hydrogens (tertiary/aromatic N) is 6. The third-order valence-electron chi connectivity index (χ3n) is 5.58. The number of rotatable bonds is 5. The van der Waals surface area contributed by atoms with Gasteiger partial charge in [-0.15, -0.1) is 11.3 Å². The lowest BCUT2D eigenvalue weighted by molar-refractivity contribution is -0.135. The molecule has 0 bridgehead atoms. The van der Waals surface area contributed by atoms with Crippen molar-refractivity contribution in [2.75, 3.05) is 27.2 Å². The molecule has 1 unspecified atom stereocenters. The van der Waals surface area contributed by atoms with Crippen LogP contribution in [0, 0.1) is 12.7 Å². The Balaban J connectivity index is 1.42. The smallest absolute Gasteiger partial charge is 0.271 e. The van der Waals surface area contributed by atoms with Gasteiger partial charge in [0.2, 0.25) is 4.96 Å². The van der Waals surface area contributed by atoms with Crippen molar-refractivity contribution in [1.29, 1.82) is 0 Å². The summed E-state index contributed by atoms with van der Waals surface area (Å²) < 4.78 is 22.2. The minimum atomic E-state index is -0.681. The molecule has 35 heavy (non-hydrogen) atoms. The summed E-state index contributed by atoms with van der Waals surface area (Å²) in [6.07, 6.45) is 0.517. The number of carbonyl (C=O) groups excluding carboxylic acids is 2. The highest BCUT2D eigenvalue weighted by Crippen LogP contribution is 2.39. The molecule has 1 atom stereocenters. The molecule has 2 amide bonds. The molecule has 0 spiro atoms. The highest BCUT2D eigenvalue weighted by atomic mass is 35.5. The maximum atomic E-state index is 14.8. The second kappa shape index (κ2) is 9.17. The zero-order valence-corrected chi connectivity index (χ0v) is 21.4. The molecule has 0 aromatic carbocycles. The number of carbonyl (C=O) groups is 2. The number of aromatic nitrogens is 4. The normalized spacial score (nSPS) is 15.3. The molecule has 1 aliphatic rings. The molecular weight excluding hydrogens is 515 g/mol. The van der Waals surface area contributed by atoms with Gasteiger partial charge in [0.1, 0.15) is 22.6 Å². The number of thiophene rings is 1. The molecule has 0 saturated heterocycles. The Bertz CT molecular complexity index is 1450. The zero-order valence-electron chi connectivity index (χ0n) is 19.0. The molecular formula is C22H20ClFN6O3S2. The van der Waals surface area contributed by atoms with Gasteiger partial charge >= 0.3 is 0 Å². The van der Waals surface area contributed by atoms with E-state index in [0.717, 1.165) is 10.7 Å². The quantitative estimate of drug-likeness (QED) is 0.363. The fourth-order valence-corrected chi connectivity index (χ4v) is 5.86. The van der Waals surface area contributed by atoms with Crippen molar-refractivity contribution in [2.24, 2.45) is 0 Å². The fraction of sp³-hybridized carbons (Fsp3) is 0.318. The van der Waals surface area contributed by atoms with Crippen LogP contribution in [0.1, 0.15) is 37.8 Å². The third-order valence-corrected chi connectivity index (χ3v) is 7.62. The van der Waals surface area contributed by atoms with E-state index in [1.165, 1.54) is 45.8 Å². The summed E-state index contributed by atoms with van der Waals surface area (Å²) >= 11 is 8.89. The van der Waals surface area contributed by atoms with Crippen molar-refractivity contribution in [3.8, 4) is 5.75 Å². The Hall–Kier alpha value is -3.09. The molecule has 1 aliphatic heterocycles. The Labute approximate surface area is 212 Å². The molecule has 5 heterocycles. The first kappa shape index (κ1) is 23.6. The van der Waals surface area contributed by atoms with Crippen molar-refractivity contribution in [2.45, 2.75) is 19.4 Å². The maximum absolute atomic E-state index is 14.8. The molecule has 9 nitrogen and oxygen atoms in total. The van der Waals surface area contributed by atoms with Crippen molar-refractivity contribution < 1.29 is 18.7 Å². The van der Waals surface area contributed by atoms with E-state index in [1.54, 1.807) is 28.9 Å². The minimum absolute atomic E-state index is 0.0253. The summed E-state index contributed by atoms with van der Waals surface area (Å²) in [7, 11) is 3.22. The lowest BCUT2D eigenvalue weighted by Crippen LogP contribution is -2.43. The SMILES string of the molecule is Cc1nn2c3c(nc2s1)CCN(C(=O)COc1ccc(C(=O)N(C)C)nc1Cl)C3c1sccc1F. The summed E-state index contributed by atoms with van der Waals surface area (Å²) in [6.45, 7) is 1.89. The second-order valence-corrected chi connectivity index (χ2v) is 10.6. The van der Waals surface area contributed by atoms with Gasteiger partial charge in [0, 0.05) is 27.1 Å². The fourth-order valence-electron chi connectivity index (χ4n) is 4.00. The molecule has 0 saturated carbocycles. The number of imidazole rings is 1. The number of pyridine rings is 1. The Kier molecular flexibility index (Phi) is 6.20. The van der Waals surface area contributed by atoms with Crippen molar-refractivity contribution in [3.63, 3.8) is 0 Å². The molecule has 4 aromatic heterocycles. The van der Waals surface area contributed by atoms with Gasteiger partial charge in [0.15, 0.2) is 17.5 Å². The number of ether oxygens (including phenoxy) is 1. The van der Waals surface area contributed by atoms with Crippen molar-refractivity contribution in [1.82, 2.24) is 29.4 Å². The lowest BCUT2D eigenvalue weighted by Gasteiger charge is -2.34. The summed E-state index contributed by atoms with van der Waals surface area (Å²) in [5.41, 5.74) is 1.66. The van der Waals surface area contributed by atoms with Crippen LogP contribution in [0.3, 0.4) is 0 Å². The summed E-state index contributed by atoms with van der Waals surface area (Å²) in [5, 5.41) is 7.00. The monoisotopic (exact) mass is 534 g/mol. The number of hydrogen-bond acceptors (Lipinski definition) is 8. The van der Waals surface area contributed by atoms with Crippen LogP contribution in [0.25, 0.3) is 4.96 Å². The largest absolute Gasteiger partial charge is 0.481 e. The Morgan fingerprint density at radius 3 is 2.77 bits per heavy atom. The highest BCUT2D eigenvalue weighted by Gasteiger charge is 2.39. The van der Waals surface area contributed by atoms with Crippen LogP contribution in [0.2, 0.25) is 5.15 Å². The van der Waals surface area contributed by atoms with Crippen LogP contribution in [-0.2, 0) is 11.2 Å². The first-order valence-electron chi connectivity index (χ1n) is 10.6. The van der Waals surface area contributed by atoms with E-state index in [1.807, 2.05) is 6.92 Å². The van der Waals surface area contributed by atoms with E-state index >= 15 is 0 Å². The number of halogens is 2. The predicted molar refractivity (Wildman–Crippen MR) is 130 cm³/mol. The summed E-state index contributed by atoms with van der Waals surface area (Å²) in [6, 6.07) is 3.70. The molecule has 182 valence electrons. The van der Waals surface area contributed by atoms with Gasteiger partial charge in [-0.25, -0.2) is 18.9 Å². The van der Waals surface area contributed by atoms with Gasteiger partial charge in [-0.05, 0) is 30.5 Å². The maximum Gasteiger partial charge on any atom is 0.271 e. The first-order chi connectivity index (χ1) is 16.7. The predicted octanol–water partition coefficient (Wildman–Crippen LogP) is 3.60. The molecule has 4 aromatic rings. The third kappa shape index (κ3) is 4.26. The van der Waals surface area contributed by atoms with Gasteiger partial charge in [-0.1, -0.05) is 22.9 Å². The van der Waals surface area contributed by atoms with E-state index in [9.17, 15) is 14.0 Å². The van der Waals surface area contributed by atoms with Gasteiger partial charge in [0.25, 0.3) is 11.8 Å². The molecule has 0 fully saturated rings. The van der Waals surface area contributed by atoms with Crippen molar-refractivity contribution in [3.05, 3.63) is 61.5 Å². The number of amides is 2. The van der Waals surface area contributed by atoms with Crippen molar-refractivity contribution >= 4 is 51.0 Å². The van der Waals surface area contributed by atoms with Crippen LogP contribution >= 0.6 is 34.3 Å². The zero-order chi connectivity index (χ0) is 24.9. The second-order valence-electron chi connectivity index (χ2n) is 8.11. The molecule has 5 rings (SSSR count). The average Bonchev–Trinajstić information content (AvgIpc) is 3.50. The molecule has 13 heteroatoms. The molecule has 0 radical (unpaired) electrons. The van der Waals surface area contributed by atoms with Crippen LogP contribution < -0.4 is 4.74 Å². The summed E-state index contributed by atoms with van der Waals surface area (Å²) in [5.74, 6) is -0.862. The van der Waals surface area contributed by atoms with Gasteiger partial charge in [-0.2, -0.15) is 5.10 Å². The van der Waals surface area contributed by atoms with E-state index < -0.39 is 6.04 Å². The van der Waals surface area contributed by atoms with Crippen LogP contribution in [0.4, 0.5) is 4.39 Å². The average molecular weight is 535 g/mol. The lowest BCUT2D eigenvalue weighted by atomic mass is 10.0. The molecule has 0 aliphatic carbocycles. The van der Waals surface area contributed by atoms with Crippen LogP contribution in [-0.4, -0.2) is 68.4 Å². The first-order valence-corrected chi connectivity index (χ1v) is 12.7. The van der Waals surface area contributed by atoms with E-state index in [2.05, 4.69) is 15.1 Å². The van der Waals surface area contributed by atoms with E-state index in [4.69, 9.17) is 16.3 Å². The van der Waals surface area contributed by atoms with Gasteiger partial charge < -0.3 is 14.5 Å². The van der Waals surface area contributed by atoms with Crippen LogP contribution in [0.15, 0.2) is 23.6 Å². The van der Waals surface area contributed by atoms with E-state index in [-0.39, 0.29) is 40.8 Å². The number of aryl methyl sites for hydroxylation is 1. The van der Waals surface area contributed by atoms with E-state index in [0.29, 0.717) is 28.5 Å². The summed E-state index contributed by atoms with van der Waals surface area (Å²) in [4.78, 5) is 38.3. The standard InChI is InChI=1S/C22H20ClFN6O3S2/c1-11-27-30-17-13(26-22(30)35-11)6-8-29(18(17)19-12(24)7-9-34-19)16(31)10-33-15-5-4-14(25-20(15)23)21(32)28(2)3/h4-5,7,9,18H,6,8,10H2,1-3H3. The highest BCUT2D eigenvalue weighted by molar-refractivity contribution is 7.16. The Morgan fingerprint density at radius 2 is 2.09 bits per heavy atom. The Morgan fingerprint density at radius 1 is 1.29 bits per heavy atom. The van der Waals surface area contributed by atoms with Crippen LogP contribution in [0.5, 0.6) is 5.75 Å². The van der Waals surface area contributed by atoms with Gasteiger partial charge in [-0.3, -0.25) is 9.59 Å². The topological polar surface area (TPSA) is 92.9 Å². The number of fused-ring (bicyclic) bond motifs is 3. The van der Waals surface area contributed by atoms with Gasteiger partial charge in [0.05, 0.1) is 16.3 Å². The number of hydrogen-bond donors (Lipinski definition) is 0. The minimum Gasteiger partial charge on any atom is -0.481 e. The molecule has 0 N–H and O–H groups in total.